The van der Waals surface area contributed by atoms with Crippen LogP contribution in [0.25, 0.3) is 10.6 Å². The van der Waals surface area contributed by atoms with Gasteiger partial charge in [-0.05, 0) is 31.0 Å². The highest BCUT2D eigenvalue weighted by Gasteiger charge is 2.23. The third-order valence-corrected chi connectivity index (χ3v) is 4.94. The lowest BCUT2D eigenvalue weighted by atomic mass is 10.2. The van der Waals surface area contributed by atoms with Crippen molar-refractivity contribution < 1.29 is 9.59 Å². The maximum Gasteiger partial charge on any atom is 0.275 e. The molecule has 2 amide bonds. The molecule has 4 rings (SSSR count). The first kappa shape index (κ1) is 16.5. The molecule has 1 aromatic heterocycles. The summed E-state index contributed by atoms with van der Waals surface area (Å²) in [6.07, 6.45) is 2.07. The number of benzene rings is 2. The van der Waals surface area contributed by atoms with Crippen molar-refractivity contribution in [2.24, 2.45) is 0 Å². The van der Waals surface area contributed by atoms with Crippen LogP contribution in [-0.4, -0.2) is 22.8 Å². The molecule has 0 bridgehead atoms. The molecule has 1 aliphatic rings. The maximum atomic E-state index is 12.5. The number of amides is 2. The zero-order valence-electron chi connectivity index (χ0n) is 13.9. The summed E-state index contributed by atoms with van der Waals surface area (Å²) in [5, 5.41) is 8.29. The summed E-state index contributed by atoms with van der Waals surface area (Å²) in [6.45, 7) is 0. The minimum absolute atomic E-state index is 0.108. The lowest BCUT2D eigenvalue weighted by Gasteiger charge is -2.07. The molecular formula is C20H17N3O2S. The molecule has 1 aliphatic carbocycles. The lowest BCUT2D eigenvalue weighted by molar-refractivity contribution is 0.0949. The molecule has 6 heteroatoms. The fraction of sp³-hybridized carbons (Fsp3) is 0.150. The van der Waals surface area contributed by atoms with Gasteiger partial charge in [0.2, 0.25) is 0 Å². The van der Waals surface area contributed by atoms with Gasteiger partial charge in [0.15, 0.2) is 0 Å². The van der Waals surface area contributed by atoms with Crippen LogP contribution in [-0.2, 0) is 0 Å². The quantitative estimate of drug-likeness (QED) is 0.721. The van der Waals surface area contributed by atoms with Gasteiger partial charge in [-0.2, -0.15) is 0 Å². The third kappa shape index (κ3) is 3.81. The third-order valence-electron chi connectivity index (χ3n) is 4.05. The Hall–Kier alpha value is -2.99. The number of carbonyl (C=O) groups excluding carboxylic acids is 2. The molecule has 0 spiro atoms. The van der Waals surface area contributed by atoms with Crippen LogP contribution in [0.2, 0.25) is 0 Å². The topological polar surface area (TPSA) is 71.1 Å². The van der Waals surface area contributed by atoms with Crippen LogP contribution in [0.15, 0.2) is 60.0 Å². The molecule has 5 nitrogen and oxygen atoms in total. The monoisotopic (exact) mass is 363 g/mol. The van der Waals surface area contributed by atoms with Crippen LogP contribution in [0, 0.1) is 0 Å². The van der Waals surface area contributed by atoms with Crippen molar-refractivity contribution in [3.05, 3.63) is 71.2 Å². The second-order valence-electron chi connectivity index (χ2n) is 6.19. The van der Waals surface area contributed by atoms with Crippen molar-refractivity contribution in [1.82, 2.24) is 10.3 Å². The second-order valence-corrected chi connectivity index (χ2v) is 7.04. The number of thiazole rings is 1. The zero-order valence-corrected chi connectivity index (χ0v) is 14.8. The van der Waals surface area contributed by atoms with Crippen LogP contribution < -0.4 is 10.6 Å². The molecule has 0 saturated heterocycles. The van der Waals surface area contributed by atoms with Crippen LogP contribution in [0.1, 0.15) is 33.7 Å². The molecule has 26 heavy (non-hydrogen) atoms. The van der Waals surface area contributed by atoms with E-state index < -0.39 is 0 Å². The van der Waals surface area contributed by atoms with Crippen molar-refractivity contribution in [2.75, 3.05) is 5.32 Å². The second kappa shape index (κ2) is 7.09. The van der Waals surface area contributed by atoms with Crippen LogP contribution in [0.5, 0.6) is 0 Å². The van der Waals surface area contributed by atoms with E-state index in [0.717, 1.165) is 23.4 Å². The Morgan fingerprint density at radius 1 is 1.00 bits per heavy atom. The predicted molar refractivity (Wildman–Crippen MR) is 102 cm³/mol. The van der Waals surface area contributed by atoms with Crippen LogP contribution in [0.4, 0.5) is 5.69 Å². The summed E-state index contributed by atoms with van der Waals surface area (Å²) in [5.74, 6) is -0.396. The fourth-order valence-corrected chi connectivity index (χ4v) is 3.33. The number of aromatic nitrogens is 1. The van der Waals surface area contributed by atoms with Crippen molar-refractivity contribution in [3.8, 4) is 10.6 Å². The SMILES string of the molecule is O=C(NC1CC1)c1cccc(NC(=O)c2csc(-c3ccccc3)n2)c1. The Bertz CT molecular complexity index is 948. The molecule has 0 unspecified atom stereocenters. The standard InChI is InChI=1S/C20H17N3O2S/c24-18(21-15-9-10-15)14-7-4-8-16(11-14)22-19(25)17-12-26-20(23-17)13-5-2-1-3-6-13/h1-8,11-12,15H,9-10H2,(H,21,24)(H,22,25). The summed E-state index contributed by atoms with van der Waals surface area (Å²) in [4.78, 5) is 29.0. The first-order chi connectivity index (χ1) is 12.7. The Labute approximate surface area is 155 Å². The summed E-state index contributed by atoms with van der Waals surface area (Å²) in [6, 6.07) is 17.0. The summed E-state index contributed by atoms with van der Waals surface area (Å²) >= 11 is 1.43. The zero-order chi connectivity index (χ0) is 17.9. The Morgan fingerprint density at radius 3 is 2.58 bits per heavy atom. The van der Waals surface area contributed by atoms with Gasteiger partial charge in [0, 0.05) is 28.2 Å². The minimum Gasteiger partial charge on any atom is -0.349 e. The van der Waals surface area contributed by atoms with E-state index in [-0.39, 0.29) is 11.8 Å². The van der Waals surface area contributed by atoms with Crippen LogP contribution in [0.3, 0.4) is 0 Å². The molecule has 130 valence electrons. The van der Waals surface area contributed by atoms with E-state index >= 15 is 0 Å². The number of anilines is 1. The van der Waals surface area contributed by atoms with E-state index in [1.54, 1.807) is 29.6 Å². The van der Waals surface area contributed by atoms with Gasteiger partial charge in [-0.15, -0.1) is 11.3 Å². The van der Waals surface area contributed by atoms with Gasteiger partial charge in [0.05, 0.1) is 0 Å². The molecule has 0 atom stereocenters. The van der Waals surface area contributed by atoms with Crippen molar-refractivity contribution >= 4 is 28.8 Å². The predicted octanol–water partition coefficient (Wildman–Crippen LogP) is 3.95. The molecule has 0 radical (unpaired) electrons. The molecule has 2 aromatic carbocycles. The van der Waals surface area contributed by atoms with Gasteiger partial charge in [-0.3, -0.25) is 9.59 Å². The molecule has 3 aromatic rings. The van der Waals surface area contributed by atoms with Gasteiger partial charge in [-0.1, -0.05) is 36.4 Å². The largest absolute Gasteiger partial charge is 0.349 e. The average molecular weight is 363 g/mol. The lowest BCUT2D eigenvalue weighted by Crippen LogP contribution is -2.25. The normalized spacial score (nSPS) is 13.2. The first-order valence-electron chi connectivity index (χ1n) is 8.42. The molecular weight excluding hydrogens is 346 g/mol. The number of nitrogens with one attached hydrogen (secondary N) is 2. The van der Waals surface area contributed by atoms with Gasteiger partial charge in [0.25, 0.3) is 11.8 Å². The van der Waals surface area contributed by atoms with E-state index in [2.05, 4.69) is 15.6 Å². The Kier molecular flexibility index (Phi) is 4.50. The highest BCUT2D eigenvalue weighted by molar-refractivity contribution is 7.13. The Balaban J connectivity index is 1.46. The number of rotatable bonds is 5. The van der Waals surface area contributed by atoms with Gasteiger partial charge < -0.3 is 10.6 Å². The molecule has 1 heterocycles. The molecule has 1 fully saturated rings. The Morgan fingerprint density at radius 2 is 1.81 bits per heavy atom. The number of hydrogen-bond acceptors (Lipinski definition) is 4. The summed E-state index contributed by atoms with van der Waals surface area (Å²) in [7, 11) is 0. The van der Waals surface area contributed by atoms with Crippen LogP contribution >= 0.6 is 11.3 Å². The fourth-order valence-electron chi connectivity index (χ4n) is 2.52. The van der Waals surface area contributed by atoms with Crippen molar-refractivity contribution in [2.45, 2.75) is 18.9 Å². The highest BCUT2D eigenvalue weighted by Crippen LogP contribution is 2.24. The average Bonchev–Trinajstić information content (AvgIpc) is 3.34. The summed E-state index contributed by atoms with van der Waals surface area (Å²) in [5.41, 5.74) is 2.46. The maximum absolute atomic E-state index is 12.5. The van der Waals surface area contributed by atoms with Gasteiger partial charge >= 0.3 is 0 Å². The van der Waals surface area contributed by atoms with E-state index in [0.29, 0.717) is 23.0 Å². The highest BCUT2D eigenvalue weighted by atomic mass is 32.1. The van der Waals surface area contributed by atoms with E-state index in [1.165, 1.54) is 11.3 Å². The number of carbonyl (C=O) groups is 2. The van der Waals surface area contributed by atoms with E-state index in [1.807, 2.05) is 30.3 Å². The molecule has 0 aliphatic heterocycles. The first-order valence-corrected chi connectivity index (χ1v) is 9.30. The number of hydrogen-bond donors (Lipinski definition) is 2. The van der Waals surface area contributed by atoms with E-state index in [4.69, 9.17) is 0 Å². The minimum atomic E-state index is -0.289. The van der Waals surface area contributed by atoms with Gasteiger partial charge in [0.1, 0.15) is 10.7 Å². The smallest absolute Gasteiger partial charge is 0.275 e. The molecule has 1 saturated carbocycles. The molecule has 2 N–H and O–H groups in total. The summed E-state index contributed by atoms with van der Waals surface area (Å²) < 4.78 is 0. The van der Waals surface area contributed by atoms with E-state index in [9.17, 15) is 9.59 Å². The van der Waals surface area contributed by atoms with Gasteiger partial charge in [-0.25, -0.2) is 4.98 Å². The number of nitrogens with zero attached hydrogens (tertiary/aromatic N) is 1. The van der Waals surface area contributed by atoms with Crippen molar-refractivity contribution in [3.63, 3.8) is 0 Å². The van der Waals surface area contributed by atoms with Crippen molar-refractivity contribution in [1.29, 1.82) is 0 Å².